The van der Waals surface area contributed by atoms with E-state index in [9.17, 15) is 9.59 Å². The highest BCUT2D eigenvalue weighted by Gasteiger charge is 2.29. The molecule has 0 radical (unpaired) electrons. The SMILES string of the molecule is CCOC(=O)CNC(=O)C1CCCCC1CN. The second kappa shape index (κ2) is 7.27. The van der Waals surface area contributed by atoms with E-state index >= 15 is 0 Å². The van der Waals surface area contributed by atoms with Gasteiger partial charge in [0.25, 0.3) is 0 Å². The van der Waals surface area contributed by atoms with Crippen molar-refractivity contribution in [2.75, 3.05) is 19.7 Å². The molecule has 0 bridgehead atoms. The zero-order valence-electron chi connectivity index (χ0n) is 10.4. The third-order valence-electron chi connectivity index (χ3n) is 3.26. The van der Waals surface area contributed by atoms with Crippen LogP contribution in [0, 0.1) is 11.8 Å². The van der Waals surface area contributed by atoms with E-state index < -0.39 is 0 Å². The Morgan fingerprint density at radius 1 is 1.35 bits per heavy atom. The molecule has 1 saturated carbocycles. The Morgan fingerprint density at radius 3 is 2.71 bits per heavy atom. The Labute approximate surface area is 102 Å². The van der Waals surface area contributed by atoms with Gasteiger partial charge in [-0.3, -0.25) is 9.59 Å². The van der Waals surface area contributed by atoms with Crippen LogP contribution in [0.4, 0.5) is 0 Å². The second-order valence-corrected chi connectivity index (χ2v) is 4.41. The lowest BCUT2D eigenvalue weighted by Crippen LogP contribution is -2.41. The lowest BCUT2D eigenvalue weighted by Gasteiger charge is -2.29. The van der Waals surface area contributed by atoms with Crippen LogP contribution >= 0.6 is 0 Å². The van der Waals surface area contributed by atoms with Crippen molar-refractivity contribution < 1.29 is 14.3 Å². The number of hydrogen-bond donors (Lipinski definition) is 2. The van der Waals surface area contributed by atoms with Crippen LogP contribution in [-0.4, -0.2) is 31.6 Å². The predicted molar refractivity (Wildman–Crippen MR) is 64.1 cm³/mol. The first-order chi connectivity index (χ1) is 8.19. The summed E-state index contributed by atoms with van der Waals surface area (Å²) in [6, 6.07) is 0. The first-order valence-corrected chi connectivity index (χ1v) is 6.32. The van der Waals surface area contributed by atoms with Crippen LogP contribution in [0.15, 0.2) is 0 Å². The molecule has 0 heterocycles. The van der Waals surface area contributed by atoms with Crippen molar-refractivity contribution in [1.29, 1.82) is 0 Å². The van der Waals surface area contributed by atoms with Crippen LogP contribution in [0.3, 0.4) is 0 Å². The Balaban J connectivity index is 2.37. The third-order valence-corrected chi connectivity index (χ3v) is 3.26. The molecule has 2 unspecified atom stereocenters. The van der Waals surface area contributed by atoms with Gasteiger partial charge in [-0.15, -0.1) is 0 Å². The van der Waals surface area contributed by atoms with Crippen LogP contribution in [0.25, 0.3) is 0 Å². The van der Waals surface area contributed by atoms with Crippen molar-refractivity contribution in [3.63, 3.8) is 0 Å². The molecule has 3 N–H and O–H groups in total. The van der Waals surface area contributed by atoms with E-state index in [2.05, 4.69) is 5.32 Å². The zero-order valence-corrected chi connectivity index (χ0v) is 10.4. The summed E-state index contributed by atoms with van der Waals surface area (Å²) >= 11 is 0. The lowest BCUT2D eigenvalue weighted by atomic mass is 9.79. The quantitative estimate of drug-likeness (QED) is 0.685. The standard InChI is InChI=1S/C12H22N2O3/c1-2-17-11(15)8-14-12(16)10-6-4-3-5-9(10)7-13/h9-10H,2-8,13H2,1H3,(H,14,16). The molecule has 1 amide bonds. The molecule has 0 aromatic heterocycles. The Bertz CT molecular complexity index is 268. The molecule has 1 aliphatic rings. The summed E-state index contributed by atoms with van der Waals surface area (Å²) in [4.78, 5) is 23.0. The third kappa shape index (κ3) is 4.34. The van der Waals surface area contributed by atoms with Gasteiger partial charge in [-0.2, -0.15) is 0 Å². The number of nitrogens with one attached hydrogen (secondary N) is 1. The summed E-state index contributed by atoms with van der Waals surface area (Å²) < 4.78 is 4.75. The van der Waals surface area contributed by atoms with Gasteiger partial charge in [-0.1, -0.05) is 12.8 Å². The number of carbonyl (C=O) groups excluding carboxylic acids is 2. The first kappa shape index (κ1) is 14.0. The summed E-state index contributed by atoms with van der Waals surface area (Å²) in [6.45, 7) is 2.58. The number of hydrogen-bond acceptors (Lipinski definition) is 4. The molecule has 1 aliphatic carbocycles. The average Bonchev–Trinajstić information content (AvgIpc) is 2.36. The number of nitrogens with two attached hydrogens (primary N) is 1. The van der Waals surface area contributed by atoms with Crippen LogP contribution in [0.2, 0.25) is 0 Å². The molecular formula is C12H22N2O3. The molecule has 1 rings (SSSR count). The van der Waals surface area contributed by atoms with E-state index in [4.69, 9.17) is 10.5 Å². The maximum absolute atomic E-state index is 11.9. The van der Waals surface area contributed by atoms with Gasteiger partial charge in [-0.25, -0.2) is 0 Å². The van der Waals surface area contributed by atoms with Gasteiger partial charge in [0.1, 0.15) is 6.54 Å². The minimum absolute atomic E-state index is 0.0387. The van der Waals surface area contributed by atoms with Crippen LogP contribution in [0.5, 0.6) is 0 Å². The molecule has 1 fully saturated rings. The van der Waals surface area contributed by atoms with E-state index in [-0.39, 0.29) is 30.3 Å². The number of carbonyl (C=O) groups is 2. The van der Waals surface area contributed by atoms with Crippen LogP contribution < -0.4 is 11.1 Å². The van der Waals surface area contributed by atoms with Gasteiger partial charge in [-0.05, 0) is 32.2 Å². The molecule has 17 heavy (non-hydrogen) atoms. The van der Waals surface area contributed by atoms with Crippen molar-refractivity contribution in [1.82, 2.24) is 5.32 Å². The number of rotatable bonds is 5. The van der Waals surface area contributed by atoms with E-state index in [1.165, 1.54) is 0 Å². The van der Waals surface area contributed by atoms with E-state index in [1.54, 1.807) is 6.92 Å². The minimum Gasteiger partial charge on any atom is -0.465 e. The van der Waals surface area contributed by atoms with Gasteiger partial charge in [0.15, 0.2) is 0 Å². The molecule has 0 aromatic rings. The van der Waals surface area contributed by atoms with Crippen LogP contribution in [0.1, 0.15) is 32.6 Å². The Hall–Kier alpha value is -1.10. The summed E-state index contributed by atoms with van der Waals surface area (Å²) in [7, 11) is 0. The maximum atomic E-state index is 11.9. The Morgan fingerprint density at radius 2 is 2.06 bits per heavy atom. The number of amides is 1. The maximum Gasteiger partial charge on any atom is 0.325 e. The molecule has 0 saturated heterocycles. The number of esters is 1. The van der Waals surface area contributed by atoms with Crippen molar-refractivity contribution in [2.24, 2.45) is 17.6 Å². The van der Waals surface area contributed by atoms with Crippen LogP contribution in [-0.2, 0) is 14.3 Å². The lowest BCUT2D eigenvalue weighted by molar-refractivity contribution is -0.144. The highest BCUT2D eigenvalue weighted by atomic mass is 16.5. The fourth-order valence-electron chi connectivity index (χ4n) is 2.34. The van der Waals surface area contributed by atoms with E-state index in [1.807, 2.05) is 0 Å². The zero-order chi connectivity index (χ0) is 12.7. The summed E-state index contributed by atoms with van der Waals surface area (Å²) in [6.07, 6.45) is 4.09. The van der Waals surface area contributed by atoms with Crippen molar-refractivity contribution >= 4 is 11.9 Å². The highest BCUT2D eigenvalue weighted by molar-refractivity contribution is 5.83. The normalized spacial score (nSPS) is 24.1. The largest absolute Gasteiger partial charge is 0.465 e. The molecule has 0 aliphatic heterocycles. The second-order valence-electron chi connectivity index (χ2n) is 4.41. The molecule has 0 spiro atoms. The van der Waals surface area contributed by atoms with Gasteiger partial charge < -0.3 is 15.8 Å². The van der Waals surface area contributed by atoms with Gasteiger partial charge in [0, 0.05) is 5.92 Å². The minimum atomic E-state index is -0.388. The van der Waals surface area contributed by atoms with E-state index in [0.29, 0.717) is 13.2 Å². The topological polar surface area (TPSA) is 81.4 Å². The number of ether oxygens (including phenoxy) is 1. The van der Waals surface area contributed by atoms with Gasteiger partial charge in [0.2, 0.25) is 5.91 Å². The fourth-order valence-corrected chi connectivity index (χ4v) is 2.34. The molecule has 5 nitrogen and oxygen atoms in total. The Kier molecular flexibility index (Phi) is 5.97. The highest BCUT2D eigenvalue weighted by Crippen LogP contribution is 2.29. The van der Waals surface area contributed by atoms with Crippen molar-refractivity contribution in [3.05, 3.63) is 0 Å². The van der Waals surface area contributed by atoms with Gasteiger partial charge in [0.05, 0.1) is 6.61 Å². The smallest absolute Gasteiger partial charge is 0.325 e. The van der Waals surface area contributed by atoms with Gasteiger partial charge >= 0.3 is 5.97 Å². The molecule has 2 atom stereocenters. The monoisotopic (exact) mass is 242 g/mol. The van der Waals surface area contributed by atoms with Crippen molar-refractivity contribution in [2.45, 2.75) is 32.6 Å². The average molecular weight is 242 g/mol. The van der Waals surface area contributed by atoms with E-state index in [0.717, 1.165) is 25.7 Å². The summed E-state index contributed by atoms with van der Waals surface area (Å²) in [5.74, 6) is -0.233. The molecule has 5 heteroatoms. The fraction of sp³-hybridized carbons (Fsp3) is 0.833. The summed E-state index contributed by atoms with van der Waals surface area (Å²) in [5.41, 5.74) is 5.66. The molecular weight excluding hydrogens is 220 g/mol. The van der Waals surface area contributed by atoms with Crippen molar-refractivity contribution in [3.8, 4) is 0 Å². The molecule has 0 aromatic carbocycles. The summed E-state index contributed by atoms with van der Waals surface area (Å²) in [5, 5.41) is 2.63. The first-order valence-electron chi connectivity index (χ1n) is 6.32. The molecule has 98 valence electrons. The predicted octanol–water partition coefficient (Wildman–Crippen LogP) is 0.431.